The number of pyridine rings is 2. The highest BCUT2D eigenvalue weighted by Crippen LogP contribution is 2.26. The molecular weight excluding hydrogens is 318 g/mol. The Morgan fingerprint density at radius 3 is 2.72 bits per heavy atom. The van der Waals surface area contributed by atoms with Gasteiger partial charge in [0.25, 0.3) is 0 Å². The van der Waals surface area contributed by atoms with E-state index in [-0.39, 0.29) is 0 Å². The van der Waals surface area contributed by atoms with Crippen molar-refractivity contribution in [3.63, 3.8) is 0 Å². The summed E-state index contributed by atoms with van der Waals surface area (Å²) < 4.78 is 17.0. The van der Waals surface area contributed by atoms with Crippen molar-refractivity contribution in [3.8, 4) is 23.1 Å². The van der Waals surface area contributed by atoms with Crippen molar-refractivity contribution in [1.82, 2.24) is 15.0 Å². The number of hydrogen-bond acceptors (Lipinski definition) is 6. The average molecular weight is 333 g/mol. The summed E-state index contributed by atoms with van der Waals surface area (Å²) in [6, 6.07) is 14.8. The van der Waals surface area contributed by atoms with Crippen LogP contribution in [0.15, 0.2) is 71.5 Å². The molecule has 0 saturated heterocycles. The van der Waals surface area contributed by atoms with Crippen molar-refractivity contribution in [2.45, 2.75) is 0 Å². The van der Waals surface area contributed by atoms with Crippen molar-refractivity contribution in [3.05, 3.63) is 67.1 Å². The summed E-state index contributed by atoms with van der Waals surface area (Å²) >= 11 is 0. The smallest absolute Gasteiger partial charge is 0.228 e. The minimum atomic E-state index is 0.412. The molecule has 0 spiro atoms. The number of rotatable bonds is 6. The minimum absolute atomic E-state index is 0.412. The Kier molecular flexibility index (Phi) is 4.24. The Bertz CT molecular complexity index is 955. The van der Waals surface area contributed by atoms with E-state index in [1.165, 1.54) is 0 Å². The molecule has 0 aliphatic heterocycles. The van der Waals surface area contributed by atoms with E-state index in [9.17, 15) is 0 Å². The van der Waals surface area contributed by atoms with Gasteiger partial charge in [-0.1, -0.05) is 6.07 Å². The van der Waals surface area contributed by atoms with Crippen LogP contribution in [0.25, 0.3) is 22.6 Å². The van der Waals surface area contributed by atoms with Gasteiger partial charge in [-0.05, 0) is 30.3 Å². The Hall–Kier alpha value is -3.41. The summed E-state index contributed by atoms with van der Waals surface area (Å²) in [5.74, 6) is 1.83. The zero-order valence-electron chi connectivity index (χ0n) is 13.3. The van der Waals surface area contributed by atoms with Gasteiger partial charge in [0.2, 0.25) is 11.8 Å². The number of fused-ring (bicyclic) bond motifs is 1. The Balaban J connectivity index is 1.41. The maximum atomic E-state index is 5.75. The number of hydrogen-bond donors (Lipinski definition) is 0. The molecule has 25 heavy (non-hydrogen) atoms. The lowest BCUT2D eigenvalue weighted by Gasteiger charge is -2.07. The zero-order valence-corrected chi connectivity index (χ0v) is 13.3. The molecule has 4 rings (SSSR count). The second-order valence-corrected chi connectivity index (χ2v) is 5.26. The van der Waals surface area contributed by atoms with Gasteiger partial charge in [0.1, 0.15) is 24.5 Å². The van der Waals surface area contributed by atoms with Crippen LogP contribution in [-0.2, 0) is 0 Å². The van der Waals surface area contributed by atoms with Crippen LogP contribution < -0.4 is 9.47 Å². The third-order valence-corrected chi connectivity index (χ3v) is 3.51. The van der Waals surface area contributed by atoms with Gasteiger partial charge in [0.15, 0.2) is 5.58 Å². The van der Waals surface area contributed by atoms with Crippen LogP contribution >= 0.6 is 0 Å². The first kappa shape index (κ1) is 15.1. The molecule has 0 N–H and O–H groups in total. The highest BCUT2D eigenvalue weighted by atomic mass is 16.5. The van der Waals surface area contributed by atoms with Crippen LogP contribution in [0.5, 0.6) is 11.6 Å². The van der Waals surface area contributed by atoms with Crippen molar-refractivity contribution in [1.29, 1.82) is 0 Å². The molecule has 6 heteroatoms. The summed E-state index contributed by atoms with van der Waals surface area (Å²) in [5.41, 5.74) is 2.28. The van der Waals surface area contributed by atoms with Crippen molar-refractivity contribution in [2.24, 2.45) is 0 Å². The van der Waals surface area contributed by atoms with E-state index in [0.29, 0.717) is 36.3 Å². The highest BCUT2D eigenvalue weighted by Gasteiger charge is 2.09. The predicted molar refractivity (Wildman–Crippen MR) is 92.5 cm³/mol. The summed E-state index contributed by atoms with van der Waals surface area (Å²) in [6.45, 7) is 0.824. The molecule has 3 heterocycles. The molecule has 0 fully saturated rings. The first-order valence-corrected chi connectivity index (χ1v) is 7.86. The predicted octanol–water partition coefficient (Wildman–Crippen LogP) is 3.74. The number of ether oxygens (including phenoxy) is 2. The van der Waals surface area contributed by atoms with Crippen molar-refractivity contribution >= 4 is 11.1 Å². The lowest BCUT2D eigenvalue weighted by Crippen LogP contribution is -2.09. The molecular formula is C19H15N3O3. The van der Waals surface area contributed by atoms with E-state index >= 15 is 0 Å². The van der Waals surface area contributed by atoms with Crippen molar-refractivity contribution in [2.75, 3.05) is 13.2 Å². The number of nitrogens with zero attached hydrogens (tertiary/aromatic N) is 3. The molecule has 0 radical (unpaired) electrons. The summed E-state index contributed by atoms with van der Waals surface area (Å²) in [6.07, 6.45) is 5.12. The highest BCUT2D eigenvalue weighted by molar-refractivity contribution is 5.77. The van der Waals surface area contributed by atoms with Crippen LogP contribution in [0.3, 0.4) is 0 Å². The molecule has 0 unspecified atom stereocenters. The van der Waals surface area contributed by atoms with Gasteiger partial charge in [-0.25, -0.2) is 9.97 Å². The van der Waals surface area contributed by atoms with Crippen LogP contribution in [0.4, 0.5) is 0 Å². The summed E-state index contributed by atoms with van der Waals surface area (Å²) in [7, 11) is 0. The summed E-state index contributed by atoms with van der Waals surface area (Å²) in [4.78, 5) is 12.7. The normalized spacial score (nSPS) is 10.7. The molecule has 3 aromatic heterocycles. The number of oxazole rings is 1. The minimum Gasteiger partial charge on any atom is -0.490 e. The number of benzene rings is 1. The van der Waals surface area contributed by atoms with Gasteiger partial charge >= 0.3 is 0 Å². The van der Waals surface area contributed by atoms with Crippen LogP contribution in [0.1, 0.15) is 0 Å². The zero-order chi connectivity index (χ0) is 16.9. The quantitative estimate of drug-likeness (QED) is 0.501. The molecule has 1 aromatic carbocycles. The van der Waals surface area contributed by atoms with Crippen LogP contribution in [0, 0.1) is 0 Å². The molecule has 124 valence electrons. The van der Waals surface area contributed by atoms with E-state index in [4.69, 9.17) is 13.9 Å². The Morgan fingerprint density at radius 2 is 1.88 bits per heavy atom. The number of aromatic nitrogens is 3. The maximum Gasteiger partial charge on any atom is 0.228 e. The summed E-state index contributed by atoms with van der Waals surface area (Å²) in [5, 5.41) is 0. The van der Waals surface area contributed by atoms with Gasteiger partial charge in [0, 0.05) is 30.7 Å². The van der Waals surface area contributed by atoms with Crippen LogP contribution in [-0.4, -0.2) is 28.2 Å². The molecule has 0 aliphatic rings. The fraction of sp³-hybridized carbons (Fsp3) is 0.105. The molecule has 0 saturated carbocycles. The fourth-order valence-electron chi connectivity index (χ4n) is 2.35. The van der Waals surface area contributed by atoms with Gasteiger partial charge in [-0.15, -0.1) is 0 Å². The largest absolute Gasteiger partial charge is 0.490 e. The second kappa shape index (κ2) is 7.00. The monoisotopic (exact) mass is 333 g/mol. The molecule has 4 aromatic rings. The maximum absolute atomic E-state index is 5.75. The van der Waals surface area contributed by atoms with E-state index in [2.05, 4.69) is 15.0 Å². The third kappa shape index (κ3) is 3.58. The first-order valence-electron chi connectivity index (χ1n) is 7.86. The van der Waals surface area contributed by atoms with Gasteiger partial charge in [-0.3, -0.25) is 4.98 Å². The second-order valence-electron chi connectivity index (χ2n) is 5.26. The third-order valence-electron chi connectivity index (χ3n) is 3.51. The van der Waals surface area contributed by atoms with Gasteiger partial charge in [0.05, 0.1) is 5.56 Å². The van der Waals surface area contributed by atoms with E-state index in [1.54, 1.807) is 24.7 Å². The molecule has 0 aliphatic carbocycles. The van der Waals surface area contributed by atoms with E-state index in [0.717, 1.165) is 11.1 Å². The van der Waals surface area contributed by atoms with E-state index < -0.39 is 0 Å². The lowest BCUT2D eigenvalue weighted by molar-refractivity contribution is 0.212. The Labute approximate surface area is 144 Å². The van der Waals surface area contributed by atoms with Gasteiger partial charge < -0.3 is 13.9 Å². The molecule has 0 atom stereocenters. The molecule has 0 bridgehead atoms. The molecule has 0 amide bonds. The SMILES string of the molecule is c1ccc(OCCOc2ccc3oc(-c4cccnc4)nc3c2)nc1. The average Bonchev–Trinajstić information content (AvgIpc) is 3.10. The first-order chi connectivity index (χ1) is 12.4. The van der Waals surface area contributed by atoms with E-state index in [1.807, 2.05) is 42.5 Å². The standard InChI is InChI=1S/C19H15N3O3/c1-2-9-21-18(5-1)24-11-10-23-15-6-7-17-16(12-15)22-19(25-17)14-4-3-8-20-13-14/h1-9,12-13H,10-11H2. The topological polar surface area (TPSA) is 70.3 Å². The van der Waals surface area contributed by atoms with Crippen LogP contribution in [0.2, 0.25) is 0 Å². The van der Waals surface area contributed by atoms with Crippen molar-refractivity contribution < 1.29 is 13.9 Å². The van der Waals surface area contributed by atoms with Gasteiger partial charge in [-0.2, -0.15) is 0 Å². The Morgan fingerprint density at radius 1 is 0.920 bits per heavy atom. The fourth-order valence-corrected chi connectivity index (χ4v) is 2.35. The lowest BCUT2D eigenvalue weighted by atomic mass is 10.3. The molecule has 6 nitrogen and oxygen atoms in total.